The zero-order valence-electron chi connectivity index (χ0n) is 9.71. The van der Waals surface area contributed by atoms with Crippen LogP contribution in [0.3, 0.4) is 0 Å². The second kappa shape index (κ2) is 5.00. The van der Waals surface area contributed by atoms with E-state index < -0.39 is 0 Å². The van der Waals surface area contributed by atoms with Gasteiger partial charge in [-0.15, -0.1) is 10.2 Å². The van der Waals surface area contributed by atoms with Gasteiger partial charge in [0.15, 0.2) is 21.7 Å². The van der Waals surface area contributed by atoms with Gasteiger partial charge >= 0.3 is 0 Å². The van der Waals surface area contributed by atoms with Crippen LogP contribution in [-0.2, 0) is 7.05 Å². The van der Waals surface area contributed by atoms with Gasteiger partial charge in [-0.2, -0.15) is 0 Å². The molecule has 0 bridgehead atoms. The van der Waals surface area contributed by atoms with Gasteiger partial charge in [0.2, 0.25) is 0 Å². The summed E-state index contributed by atoms with van der Waals surface area (Å²) in [4.78, 5) is 8.26. The molecule has 0 saturated carbocycles. The van der Waals surface area contributed by atoms with Crippen LogP contribution in [0, 0.1) is 0 Å². The maximum absolute atomic E-state index is 5.29. The monoisotopic (exact) mass is 252 g/mol. The molecule has 0 aliphatic carbocycles. The smallest absolute Gasteiger partial charge is 0.197 e. The Morgan fingerprint density at radius 1 is 1.41 bits per heavy atom. The quantitative estimate of drug-likeness (QED) is 0.806. The van der Waals surface area contributed by atoms with Crippen LogP contribution in [0.5, 0.6) is 5.75 Å². The molecule has 0 radical (unpaired) electrons. The molecule has 2 aromatic rings. The molecule has 2 rings (SSSR count). The van der Waals surface area contributed by atoms with Crippen molar-refractivity contribution in [1.82, 2.24) is 24.7 Å². The molecule has 0 atom stereocenters. The number of nitrogens with zero attached hydrogens (tertiary/aromatic N) is 5. The van der Waals surface area contributed by atoms with E-state index in [0.717, 1.165) is 5.16 Å². The molecule has 0 spiro atoms. The van der Waals surface area contributed by atoms with Crippen LogP contribution >= 0.6 is 11.8 Å². The first kappa shape index (κ1) is 11.6. The molecular weight excluding hydrogens is 240 g/mol. The highest BCUT2D eigenvalue weighted by atomic mass is 32.2. The van der Waals surface area contributed by atoms with Gasteiger partial charge in [0.05, 0.1) is 7.11 Å². The van der Waals surface area contributed by atoms with Gasteiger partial charge in [0.25, 0.3) is 0 Å². The van der Waals surface area contributed by atoms with Gasteiger partial charge < -0.3 is 14.6 Å². The molecular formula is C9H12N6OS. The van der Waals surface area contributed by atoms with Crippen molar-refractivity contribution in [1.29, 1.82) is 0 Å². The van der Waals surface area contributed by atoms with Crippen LogP contribution in [0.2, 0.25) is 0 Å². The van der Waals surface area contributed by atoms with E-state index in [1.54, 1.807) is 20.5 Å². The van der Waals surface area contributed by atoms with E-state index in [2.05, 4.69) is 25.5 Å². The van der Waals surface area contributed by atoms with Gasteiger partial charge in [-0.3, -0.25) is 0 Å². The minimum Gasteiger partial charge on any atom is -0.490 e. The fourth-order valence-corrected chi connectivity index (χ4v) is 2.07. The minimum atomic E-state index is 0.600. The standard InChI is InChI=1S/C9H12N6OS/c1-10-7-6(16-3)8(12-4-11-7)17-9-14-13-5-15(9)2/h4-5H,1-3H3,(H,10,11,12). The molecule has 8 heteroatoms. The summed E-state index contributed by atoms with van der Waals surface area (Å²) in [5.74, 6) is 1.25. The number of aryl methyl sites for hydroxylation is 1. The van der Waals surface area contributed by atoms with Crippen LogP contribution in [0.15, 0.2) is 22.8 Å². The maximum Gasteiger partial charge on any atom is 0.197 e. The maximum atomic E-state index is 5.29. The van der Waals surface area contributed by atoms with Crippen LogP contribution in [0.4, 0.5) is 5.82 Å². The molecule has 0 amide bonds. The second-order valence-corrected chi connectivity index (χ2v) is 4.09. The van der Waals surface area contributed by atoms with E-state index in [1.807, 2.05) is 11.6 Å². The predicted octanol–water partition coefficient (Wildman–Crippen LogP) is 0.807. The highest BCUT2D eigenvalue weighted by Gasteiger charge is 2.14. The molecule has 2 aromatic heterocycles. The second-order valence-electron chi connectivity index (χ2n) is 3.14. The van der Waals surface area contributed by atoms with Crippen LogP contribution in [0.1, 0.15) is 0 Å². The summed E-state index contributed by atoms with van der Waals surface area (Å²) in [5, 5.41) is 12.2. The van der Waals surface area contributed by atoms with E-state index in [1.165, 1.54) is 18.1 Å². The Kier molecular flexibility index (Phi) is 3.43. The largest absolute Gasteiger partial charge is 0.490 e. The number of methoxy groups -OCH3 is 1. The van der Waals surface area contributed by atoms with Gasteiger partial charge in [0.1, 0.15) is 12.7 Å². The van der Waals surface area contributed by atoms with E-state index in [9.17, 15) is 0 Å². The molecule has 0 aliphatic heterocycles. The summed E-state index contributed by atoms with van der Waals surface area (Å²) < 4.78 is 7.10. The van der Waals surface area contributed by atoms with Gasteiger partial charge in [0, 0.05) is 14.1 Å². The van der Waals surface area contributed by atoms with E-state index in [4.69, 9.17) is 4.74 Å². The molecule has 0 unspecified atom stereocenters. The number of ether oxygens (including phenoxy) is 1. The molecule has 2 heterocycles. The lowest BCUT2D eigenvalue weighted by Gasteiger charge is -2.09. The number of aromatic nitrogens is 5. The van der Waals surface area contributed by atoms with E-state index in [0.29, 0.717) is 16.6 Å². The fraction of sp³-hybridized carbons (Fsp3) is 0.333. The van der Waals surface area contributed by atoms with Gasteiger partial charge in [-0.1, -0.05) is 0 Å². The van der Waals surface area contributed by atoms with Gasteiger partial charge in [-0.05, 0) is 11.8 Å². The van der Waals surface area contributed by atoms with Crippen LogP contribution in [-0.4, -0.2) is 38.9 Å². The summed E-state index contributed by atoms with van der Waals surface area (Å²) in [6, 6.07) is 0. The first-order valence-electron chi connectivity index (χ1n) is 4.85. The predicted molar refractivity (Wildman–Crippen MR) is 63.3 cm³/mol. The SMILES string of the molecule is CNc1ncnc(Sc2nncn2C)c1OC. The first-order chi connectivity index (χ1) is 8.26. The van der Waals surface area contributed by atoms with E-state index >= 15 is 0 Å². The normalized spacial score (nSPS) is 10.3. The number of rotatable bonds is 4. The van der Waals surface area contributed by atoms with Crippen molar-refractivity contribution in [3.8, 4) is 5.75 Å². The van der Waals surface area contributed by atoms with Crippen LogP contribution in [0.25, 0.3) is 0 Å². The lowest BCUT2D eigenvalue weighted by atomic mass is 10.5. The fourth-order valence-electron chi connectivity index (χ4n) is 1.24. The number of hydrogen-bond donors (Lipinski definition) is 1. The third-order valence-corrected chi connectivity index (χ3v) is 3.11. The first-order valence-corrected chi connectivity index (χ1v) is 5.66. The number of nitrogens with one attached hydrogen (secondary N) is 1. The third kappa shape index (κ3) is 2.31. The van der Waals surface area contributed by atoms with Crippen molar-refractivity contribution in [3.05, 3.63) is 12.7 Å². The Morgan fingerprint density at radius 2 is 2.24 bits per heavy atom. The molecule has 0 aromatic carbocycles. The average Bonchev–Trinajstić information content (AvgIpc) is 2.74. The molecule has 90 valence electrons. The molecule has 17 heavy (non-hydrogen) atoms. The van der Waals surface area contributed by atoms with Gasteiger partial charge in [-0.25, -0.2) is 9.97 Å². The zero-order chi connectivity index (χ0) is 12.3. The average molecular weight is 252 g/mol. The molecule has 0 fully saturated rings. The molecule has 7 nitrogen and oxygen atoms in total. The Bertz CT molecular complexity index is 514. The molecule has 0 saturated heterocycles. The Balaban J connectivity index is 2.36. The van der Waals surface area contributed by atoms with Crippen molar-refractivity contribution < 1.29 is 4.74 Å². The third-order valence-electron chi connectivity index (χ3n) is 2.07. The molecule has 1 N–H and O–H groups in total. The summed E-state index contributed by atoms with van der Waals surface area (Å²) in [6.07, 6.45) is 3.11. The topological polar surface area (TPSA) is 77.8 Å². The highest BCUT2D eigenvalue weighted by molar-refractivity contribution is 7.99. The van der Waals surface area contributed by atoms with Crippen molar-refractivity contribution in [2.45, 2.75) is 10.2 Å². The highest BCUT2D eigenvalue weighted by Crippen LogP contribution is 2.35. The lowest BCUT2D eigenvalue weighted by Crippen LogP contribution is -2.00. The lowest BCUT2D eigenvalue weighted by molar-refractivity contribution is 0.400. The Labute approximate surface area is 103 Å². The number of hydrogen-bond acceptors (Lipinski definition) is 7. The molecule has 0 aliphatic rings. The Hall–Kier alpha value is -1.83. The summed E-state index contributed by atoms with van der Waals surface area (Å²) in [6.45, 7) is 0. The van der Waals surface area contributed by atoms with Crippen molar-refractivity contribution in [3.63, 3.8) is 0 Å². The van der Waals surface area contributed by atoms with E-state index in [-0.39, 0.29) is 0 Å². The van der Waals surface area contributed by atoms with Crippen molar-refractivity contribution in [2.75, 3.05) is 19.5 Å². The summed E-state index contributed by atoms with van der Waals surface area (Å²) in [5.41, 5.74) is 0. The van der Waals surface area contributed by atoms with Crippen LogP contribution < -0.4 is 10.1 Å². The number of anilines is 1. The minimum absolute atomic E-state index is 0.600. The van der Waals surface area contributed by atoms with Crippen molar-refractivity contribution >= 4 is 17.6 Å². The van der Waals surface area contributed by atoms with Crippen molar-refractivity contribution in [2.24, 2.45) is 7.05 Å². The Morgan fingerprint density at radius 3 is 2.82 bits per heavy atom. The zero-order valence-corrected chi connectivity index (χ0v) is 10.5. The summed E-state index contributed by atoms with van der Waals surface area (Å²) >= 11 is 1.37. The summed E-state index contributed by atoms with van der Waals surface area (Å²) in [7, 11) is 5.23.